The third-order valence-corrected chi connectivity index (χ3v) is 2.17. The van der Waals surface area contributed by atoms with Gasteiger partial charge in [0, 0.05) is 12.3 Å². The van der Waals surface area contributed by atoms with E-state index in [1.54, 1.807) is 0 Å². The molecule has 1 aliphatic rings. The zero-order valence-corrected chi connectivity index (χ0v) is 7.85. The van der Waals surface area contributed by atoms with Gasteiger partial charge in [0.25, 0.3) is 0 Å². The summed E-state index contributed by atoms with van der Waals surface area (Å²) in [6.45, 7) is 6.69. The molecule has 0 heteroatoms. The molecule has 0 amide bonds. The van der Waals surface area contributed by atoms with Crippen LogP contribution in [0.3, 0.4) is 0 Å². The summed E-state index contributed by atoms with van der Waals surface area (Å²) in [4.78, 5) is 0. The van der Waals surface area contributed by atoms with Crippen LogP contribution in [0, 0.1) is 29.6 Å². The van der Waals surface area contributed by atoms with Gasteiger partial charge < -0.3 is 0 Å². The Hall–Kier alpha value is -0.440. The average molecular weight is 150 g/mol. The molecule has 62 valence electrons. The Morgan fingerprint density at radius 1 is 1.27 bits per heavy atom. The summed E-state index contributed by atoms with van der Waals surface area (Å²) in [5.74, 6) is 8.91. The molecule has 0 aliphatic heterocycles. The second kappa shape index (κ2) is 3.81. The predicted octanol–water partition coefficient (Wildman–Crippen LogP) is 3.08. The standard InChI is InChI=1S/C11H18/c1-9(2)5-4-6-10(3)11-7-8-11/h9-11H,5,7-8H2,1-3H3. The summed E-state index contributed by atoms with van der Waals surface area (Å²) < 4.78 is 0. The maximum absolute atomic E-state index is 3.33. The molecule has 0 nitrogen and oxygen atoms in total. The van der Waals surface area contributed by atoms with Gasteiger partial charge in [-0.1, -0.05) is 26.7 Å². The van der Waals surface area contributed by atoms with Crippen LogP contribution in [-0.4, -0.2) is 0 Å². The van der Waals surface area contributed by atoms with E-state index in [4.69, 9.17) is 0 Å². The highest BCUT2D eigenvalue weighted by Crippen LogP contribution is 2.35. The van der Waals surface area contributed by atoms with E-state index < -0.39 is 0 Å². The summed E-state index contributed by atoms with van der Waals surface area (Å²) in [6, 6.07) is 0. The fourth-order valence-corrected chi connectivity index (χ4v) is 1.14. The van der Waals surface area contributed by atoms with Gasteiger partial charge in [0.15, 0.2) is 0 Å². The van der Waals surface area contributed by atoms with Gasteiger partial charge in [0.2, 0.25) is 0 Å². The van der Waals surface area contributed by atoms with Crippen LogP contribution < -0.4 is 0 Å². The van der Waals surface area contributed by atoms with Gasteiger partial charge in [0.05, 0.1) is 0 Å². The molecule has 1 unspecified atom stereocenters. The quantitative estimate of drug-likeness (QED) is 0.531. The Morgan fingerprint density at radius 2 is 1.91 bits per heavy atom. The SMILES string of the molecule is CC(C)CC#CC(C)C1CC1. The lowest BCUT2D eigenvalue weighted by Crippen LogP contribution is -1.92. The Bertz CT molecular complexity index is 164. The molecular formula is C11H18. The molecule has 0 spiro atoms. The van der Waals surface area contributed by atoms with E-state index in [-0.39, 0.29) is 0 Å². The van der Waals surface area contributed by atoms with Crippen molar-refractivity contribution in [1.29, 1.82) is 0 Å². The Labute approximate surface area is 70.4 Å². The summed E-state index contributed by atoms with van der Waals surface area (Å²) in [7, 11) is 0. The van der Waals surface area contributed by atoms with Crippen LogP contribution in [0.4, 0.5) is 0 Å². The molecule has 1 fully saturated rings. The first-order valence-corrected chi connectivity index (χ1v) is 4.68. The first-order chi connectivity index (χ1) is 5.20. The van der Waals surface area contributed by atoms with E-state index in [0.29, 0.717) is 5.92 Å². The van der Waals surface area contributed by atoms with E-state index in [0.717, 1.165) is 18.3 Å². The fraction of sp³-hybridized carbons (Fsp3) is 0.818. The molecule has 0 aromatic carbocycles. The van der Waals surface area contributed by atoms with Gasteiger partial charge in [-0.05, 0) is 24.7 Å². The highest BCUT2D eigenvalue weighted by molar-refractivity contribution is 5.06. The van der Waals surface area contributed by atoms with Crippen molar-refractivity contribution in [3.63, 3.8) is 0 Å². The van der Waals surface area contributed by atoms with E-state index in [1.165, 1.54) is 12.8 Å². The third-order valence-electron chi connectivity index (χ3n) is 2.17. The van der Waals surface area contributed by atoms with Gasteiger partial charge in [-0.2, -0.15) is 0 Å². The van der Waals surface area contributed by atoms with Gasteiger partial charge >= 0.3 is 0 Å². The zero-order valence-electron chi connectivity index (χ0n) is 7.85. The largest absolute Gasteiger partial charge is 0.103 e. The lowest BCUT2D eigenvalue weighted by atomic mass is 10.1. The van der Waals surface area contributed by atoms with Crippen LogP contribution in [0.25, 0.3) is 0 Å². The maximum Gasteiger partial charge on any atom is 0.0202 e. The molecule has 11 heavy (non-hydrogen) atoms. The van der Waals surface area contributed by atoms with E-state index in [9.17, 15) is 0 Å². The average Bonchev–Trinajstić information content (AvgIpc) is 2.66. The van der Waals surface area contributed by atoms with Crippen molar-refractivity contribution in [2.24, 2.45) is 17.8 Å². The van der Waals surface area contributed by atoms with E-state index in [2.05, 4.69) is 32.6 Å². The van der Waals surface area contributed by atoms with Crippen molar-refractivity contribution in [2.75, 3.05) is 0 Å². The predicted molar refractivity (Wildman–Crippen MR) is 49.1 cm³/mol. The zero-order chi connectivity index (χ0) is 8.27. The Kier molecular flexibility index (Phi) is 3.00. The van der Waals surface area contributed by atoms with Gasteiger partial charge in [0.1, 0.15) is 0 Å². The topological polar surface area (TPSA) is 0 Å². The normalized spacial score (nSPS) is 19.3. The highest BCUT2D eigenvalue weighted by atomic mass is 14.3. The lowest BCUT2D eigenvalue weighted by Gasteiger charge is -1.98. The molecule has 0 aromatic heterocycles. The van der Waals surface area contributed by atoms with Crippen molar-refractivity contribution < 1.29 is 0 Å². The molecule has 0 N–H and O–H groups in total. The van der Waals surface area contributed by atoms with Crippen molar-refractivity contribution in [3.8, 4) is 11.8 Å². The molecule has 0 radical (unpaired) electrons. The molecule has 0 bridgehead atoms. The first-order valence-electron chi connectivity index (χ1n) is 4.68. The minimum absolute atomic E-state index is 0.661. The molecule has 1 aliphatic carbocycles. The smallest absolute Gasteiger partial charge is 0.0202 e. The van der Waals surface area contributed by atoms with Crippen molar-refractivity contribution in [3.05, 3.63) is 0 Å². The van der Waals surface area contributed by atoms with Crippen LogP contribution in [0.15, 0.2) is 0 Å². The van der Waals surface area contributed by atoms with Crippen molar-refractivity contribution in [2.45, 2.75) is 40.0 Å². The highest BCUT2D eigenvalue weighted by Gasteiger charge is 2.26. The van der Waals surface area contributed by atoms with Crippen LogP contribution in [0.2, 0.25) is 0 Å². The molecule has 0 heterocycles. The van der Waals surface area contributed by atoms with E-state index >= 15 is 0 Å². The molecule has 0 aromatic rings. The molecule has 1 saturated carbocycles. The van der Waals surface area contributed by atoms with Gasteiger partial charge in [-0.25, -0.2) is 0 Å². The number of hydrogen-bond donors (Lipinski definition) is 0. The summed E-state index contributed by atoms with van der Waals surface area (Å²) in [6.07, 6.45) is 3.89. The lowest BCUT2D eigenvalue weighted by molar-refractivity contribution is 0.642. The molecule has 1 atom stereocenters. The third kappa shape index (κ3) is 3.46. The van der Waals surface area contributed by atoms with Crippen LogP contribution in [0.5, 0.6) is 0 Å². The molecule has 1 rings (SSSR count). The van der Waals surface area contributed by atoms with Crippen LogP contribution >= 0.6 is 0 Å². The van der Waals surface area contributed by atoms with Crippen LogP contribution in [0.1, 0.15) is 40.0 Å². The second-order valence-corrected chi connectivity index (χ2v) is 4.05. The number of hydrogen-bond acceptors (Lipinski definition) is 0. The van der Waals surface area contributed by atoms with Gasteiger partial charge in [-0.15, -0.1) is 5.92 Å². The van der Waals surface area contributed by atoms with E-state index in [1.807, 2.05) is 0 Å². The second-order valence-electron chi connectivity index (χ2n) is 4.05. The Morgan fingerprint density at radius 3 is 2.36 bits per heavy atom. The maximum atomic E-state index is 3.33. The minimum Gasteiger partial charge on any atom is -0.103 e. The fourth-order valence-electron chi connectivity index (χ4n) is 1.14. The summed E-state index contributed by atoms with van der Waals surface area (Å²) >= 11 is 0. The monoisotopic (exact) mass is 150 g/mol. The minimum atomic E-state index is 0.661. The van der Waals surface area contributed by atoms with Crippen molar-refractivity contribution >= 4 is 0 Å². The van der Waals surface area contributed by atoms with Crippen LogP contribution in [-0.2, 0) is 0 Å². The molecule has 0 saturated heterocycles. The van der Waals surface area contributed by atoms with Crippen molar-refractivity contribution in [1.82, 2.24) is 0 Å². The summed E-state index contributed by atoms with van der Waals surface area (Å²) in [5.41, 5.74) is 0. The summed E-state index contributed by atoms with van der Waals surface area (Å²) in [5, 5.41) is 0. The van der Waals surface area contributed by atoms with Gasteiger partial charge in [-0.3, -0.25) is 0 Å². The molecular weight excluding hydrogens is 132 g/mol. The number of rotatable bonds is 2. The first kappa shape index (κ1) is 8.65. The Balaban J connectivity index is 2.19.